The highest BCUT2D eigenvalue weighted by Crippen LogP contribution is 2.35. The molecule has 0 unspecified atom stereocenters. The number of carbonyl (C=O) groups is 1. The molecule has 1 amide bonds. The molecule has 0 radical (unpaired) electrons. The highest BCUT2D eigenvalue weighted by molar-refractivity contribution is 9.10. The first-order valence-corrected chi connectivity index (χ1v) is 11.2. The topological polar surface area (TPSA) is 77.8 Å². The number of rotatable bonds is 6. The van der Waals surface area contributed by atoms with Crippen LogP contribution in [0, 0.1) is 0 Å². The number of nitrogens with one attached hydrogen (secondary N) is 1. The van der Waals surface area contributed by atoms with Crippen molar-refractivity contribution < 1.29 is 18.7 Å². The molecule has 0 aliphatic heterocycles. The van der Waals surface area contributed by atoms with Crippen molar-refractivity contribution in [2.75, 3.05) is 19.0 Å². The number of fused-ring (bicyclic) bond motifs is 1. The summed E-state index contributed by atoms with van der Waals surface area (Å²) >= 11 is 15.4. The van der Waals surface area contributed by atoms with Gasteiger partial charge in [-0.2, -0.15) is 0 Å². The van der Waals surface area contributed by atoms with E-state index in [2.05, 4.69) is 21.2 Å². The maximum Gasteiger partial charge on any atom is 0.262 e. The smallest absolute Gasteiger partial charge is 0.262 e. The summed E-state index contributed by atoms with van der Waals surface area (Å²) in [6, 6.07) is 16.7. The molecule has 4 aromatic rings. The van der Waals surface area contributed by atoms with Crippen molar-refractivity contribution in [2.24, 2.45) is 0 Å². The molecule has 0 saturated heterocycles. The number of ether oxygens (including phenoxy) is 2. The molecule has 9 heteroatoms. The van der Waals surface area contributed by atoms with Gasteiger partial charge in [0, 0.05) is 21.3 Å². The number of anilines is 1. The van der Waals surface area contributed by atoms with Crippen LogP contribution in [-0.4, -0.2) is 19.6 Å². The van der Waals surface area contributed by atoms with E-state index in [1.165, 1.54) is 0 Å². The van der Waals surface area contributed by atoms with Crippen LogP contribution in [0.1, 0.15) is 0 Å². The highest BCUT2D eigenvalue weighted by atomic mass is 79.9. The summed E-state index contributed by atoms with van der Waals surface area (Å²) < 4.78 is 17.6. The van der Waals surface area contributed by atoms with Gasteiger partial charge in [-0.05, 0) is 64.5 Å². The molecule has 1 N–H and O–H groups in total. The SMILES string of the molecule is COc1ccc(-c2oc3ccccc3c(=O)c2OCC(=O)Nc2cc(Cl)cc(Cl)c2)cc1Br. The Bertz CT molecular complexity index is 1400. The minimum absolute atomic E-state index is 0.0787. The average molecular weight is 549 g/mol. The second kappa shape index (κ2) is 9.87. The van der Waals surface area contributed by atoms with Crippen molar-refractivity contribution in [1.82, 2.24) is 0 Å². The normalized spacial score (nSPS) is 10.8. The molecule has 0 aliphatic carbocycles. The van der Waals surface area contributed by atoms with Gasteiger partial charge in [0.1, 0.15) is 11.3 Å². The molecule has 0 saturated carbocycles. The summed E-state index contributed by atoms with van der Waals surface area (Å²) in [5.41, 5.74) is 0.987. The number of amides is 1. The van der Waals surface area contributed by atoms with E-state index in [-0.39, 0.29) is 11.5 Å². The summed E-state index contributed by atoms with van der Waals surface area (Å²) in [6.45, 7) is -0.433. The van der Waals surface area contributed by atoms with Crippen LogP contribution in [0.4, 0.5) is 5.69 Å². The lowest BCUT2D eigenvalue weighted by atomic mass is 10.1. The maximum absolute atomic E-state index is 13.2. The first-order valence-electron chi connectivity index (χ1n) is 9.64. The summed E-state index contributed by atoms with van der Waals surface area (Å²) in [6.07, 6.45) is 0. The standard InChI is InChI=1S/C24H16BrCl2NO5/c1-31-20-7-6-13(8-18(20)25)23-24(22(30)17-4-2-3-5-19(17)33-23)32-12-21(29)28-16-10-14(26)9-15(27)11-16/h2-11H,12H2,1H3,(H,28,29). The summed E-state index contributed by atoms with van der Waals surface area (Å²) in [5, 5.41) is 3.74. The Morgan fingerprint density at radius 1 is 1.06 bits per heavy atom. The molecule has 33 heavy (non-hydrogen) atoms. The largest absolute Gasteiger partial charge is 0.496 e. The van der Waals surface area contributed by atoms with E-state index in [0.29, 0.717) is 42.5 Å². The third-order valence-corrected chi connectivity index (χ3v) is 5.72. The van der Waals surface area contributed by atoms with Crippen LogP contribution < -0.4 is 20.2 Å². The van der Waals surface area contributed by atoms with Crippen molar-refractivity contribution in [3.63, 3.8) is 0 Å². The van der Waals surface area contributed by atoms with Gasteiger partial charge in [0.05, 0.1) is 17.0 Å². The molecule has 0 atom stereocenters. The third-order valence-electron chi connectivity index (χ3n) is 4.66. The van der Waals surface area contributed by atoms with Crippen molar-refractivity contribution in [3.05, 3.63) is 85.4 Å². The van der Waals surface area contributed by atoms with Gasteiger partial charge in [0.15, 0.2) is 12.4 Å². The monoisotopic (exact) mass is 547 g/mol. The molecule has 4 rings (SSSR count). The van der Waals surface area contributed by atoms with Gasteiger partial charge in [-0.1, -0.05) is 35.3 Å². The highest BCUT2D eigenvalue weighted by Gasteiger charge is 2.20. The second-order valence-corrected chi connectivity index (χ2v) is 8.66. The molecule has 1 aromatic heterocycles. The van der Waals surface area contributed by atoms with E-state index < -0.39 is 17.9 Å². The van der Waals surface area contributed by atoms with Crippen molar-refractivity contribution in [2.45, 2.75) is 0 Å². The fraction of sp³-hybridized carbons (Fsp3) is 0.0833. The van der Waals surface area contributed by atoms with Gasteiger partial charge in [-0.15, -0.1) is 0 Å². The Labute approximate surface area is 207 Å². The van der Waals surface area contributed by atoms with E-state index >= 15 is 0 Å². The van der Waals surface area contributed by atoms with Crippen molar-refractivity contribution in [3.8, 4) is 22.8 Å². The Morgan fingerprint density at radius 3 is 2.48 bits per heavy atom. The van der Waals surface area contributed by atoms with E-state index in [1.54, 1.807) is 67.8 Å². The van der Waals surface area contributed by atoms with Crippen LogP contribution in [0.2, 0.25) is 10.0 Å². The van der Waals surface area contributed by atoms with Crippen LogP contribution in [0.5, 0.6) is 11.5 Å². The second-order valence-electron chi connectivity index (χ2n) is 6.93. The number of carbonyl (C=O) groups excluding carboxylic acids is 1. The zero-order valence-electron chi connectivity index (χ0n) is 17.2. The molecule has 6 nitrogen and oxygen atoms in total. The van der Waals surface area contributed by atoms with Crippen molar-refractivity contribution >= 4 is 61.7 Å². The molecule has 0 fully saturated rings. The summed E-state index contributed by atoms with van der Waals surface area (Å²) in [5.74, 6) is 0.234. The number of halogens is 3. The molecule has 0 spiro atoms. The Hall–Kier alpha value is -3.00. The van der Waals surface area contributed by atoms with E-state index in [9.17, 15) is 9.59 Å². The summed E-state index contributed by atoms with van der Waals surface area (Å²) in [4.78, 5) is 25.7. The number of methoxy groups -OCH3 is 1. The van der Waals surface area contributed by atoms with Crippen LogP contribution in [0.3, 0.4) is 0 Å². The fourth-order valence-corrected chi connectivity index (χ4v) is 4.28. The minimum Gasteiger partial charge on any atom is -0.496 e. The lowest BCUT2D eigenvalue weighted by molar-refractivity contribution is -0.118. The summed E-state index contributed by atoms with van der Waals surface area (Å²) in [7, 11) is 1.55. The van der Waals surface area contributed by atoms with Crippen molar-refractivity contribution in [1.29, 1.82) is 0 Å². The fourth-order valence-electron chi connectivity index (χ4n) is 3.21. The van der Waals surface area contributed by atoms with Gasteiger partial charge in [0.25, 0.3) is 5.91 Å². The molecule has 168 valence electrons. The van der Waals surface area contributed by atoms with Gasteiger partial charge < -0.3 is 19.2 Å². The van der Waals surface area contributed by atoms with Crippen LogP contribution in [0.15, 0.2) is 74.3 Å². The Morgan fingerprint density at radius 2 is 1.79 bits per heavy atom. The van der Waals surface area contributed by atoms with Crippen LogP contribution >= 0.6 is 39.1 Å². The third kappa shape index (κ3) is 5.16. The average Bonchev–Trinajstić information content (AvgIpc) is 2.77. The molecule has 3 aromatic carbocycles. The lowest BCUT2D eigenvalue weighted by Gasteiger charge is -2.13. The predicted octanol–water partition coefficient (Wildman–Crippen LogP) is 6.56. The maximum atomic E-state index is 13.2. The minimum atomic E-state index is -0.497. The van der Waals surface area contributed by atoms with Crippen LogP contribution in [-0.2, 0) is 4.79 Å². The zero-order valence-corrected chi connectivity index (χ0v) is 20.3. The Kier molecular flexibility index (Phi) is 6.93. The predicted molar refractivity (Wildman–Crippen MR) is 133 cm³/mol. The van der Waals surface area contributed by atoms with Gasteiger partial charge in [-0.25, -0.2) is 0 Å². The van der Waals surface area contributed by atoms with E-state index in [0.717, 1.165) is 0 Å². The molecular formula is C24H16BrCl2NO5. The number of hydrogen-bond donors (Lipinski definition) is 1. The van der Waals surface area contributed by atoms with E-state index in [4.69, 9.17) is 37.1 Å². The van der Waals surface area contributed by atoms with Gasteiger partial charge in [-0.3, -0.25) is 9.59 Å². The van der Waals surface area contributed by atoms with Gasteiger partial charge in [0.2, 0.25) is 11.2 Å². The molecule has 0 aliphatic rings. The molecule has 0 bridgehead atoms. The molecular weight excluding hydrogens is 533 g/mol. The quantitative estimate of drug-likeness (QED) is 0.295. The lowest BCUT2D eigenvalue weighted by Crippen LogP contribution is -2.22. The zero-order chi connectivity index (χ0) is 23.5. The first kappa shape index (κ1) is 23.2. The van der Waals surface area contributed by atoms with E-state index in [1.807, 2.05) is 0 Å². The van der Waals surface area contributed by atoms with Crippen LogP contribution in [0.25, 0.3) is 22.3 Å². The number of para-hydroxylation sites is 1. The molecule has 1 heterocycles. The first-order chi connectivity index (χ1) is 15.9. The van der Waals surface area contributed by atoms with Gasteiger partial charge >= 0.3 is 0 Å². The number of hydrogen-bond acceptors (Lipinski definition) is 5. The Balaban J connectivity index is 1.69. The number of benzene rings is 3.